The molecule has 0 heterocycles. The lowest BCUT2D eigenvalue weighted by Crippen LogP contribution is -2.30. The Morgan fingerprint density at radius 2 is 0.500 bits per heavy atom. The van der Waals surface area contributed by atoms with Crippen molar-refractivity contribution in [2.45, 2.75) is 341 Å². The summed E-state index contributed by atoms with van der Waals surface area (Å²) in [6.07, 6.45) is 75.6. The van der Waals surface area contributed by atoms with Crippen LogP contribution >= 0.6 is 0 Å². The Morgan fingerprint density at radius 3 is 0.792 bits per heavy atom. The first-order valence-corrected chi connectivity index (χ1v) is 31.6. The molecule has 0 saturated carbocycles. The van der Waals surface area contributed by atoms with E-state index in [9.17, 15) is 14.4 Å². The maximum absolute atomic E-state index is 12.8. The molecule has 72 heavy (non-hydrogen) atoms. The third-order valence-electron chi connectivity index (χ3n) is 14.1. The van der Waals surface area contributed by atoms with Gasteiger partial charge in [-0.05, 0) is 83.5 Å². The molecule has 1 unspecified atom stereocenters. The van der Waals surface area contributed by atoms with Crippen molar-refractivity contribution in [2.75, 3.05) is 13.2 Å². The van der Waals surface area contributed by atoms with Crippen molar-refractivity contribution in [3.8, 4) is 0 Å². The summed E-state index contributed by atoms with van der Waals surface area (Å²) in [6, 6.07) is 0. The summed E-state index contributed by atoms with van der Waals surface area (Å²) in [5.41, 5.74) is 0. The third kappa shape index (κ3) is 58.3. The van der Waals surface area contributed by atoms with Gasteiger partial charge in [-0.2, -0.15) is 0 Å². The number of rotatable bonds is 58. The zero-order valence-electron chi connectivity index (χ0n) is 48.2. The number of ether oxygens (including phenoxy) is 3. The Morgan fingerprint density at radius 1 is 0.278 bits per heavy atom. The second-order valence-corrected chi connectivity index (χ2v) is 21.3. The van der Waals surface area contributed by atoms with Crippen LogP contribution in [0.1, 0.15) is 335 Å². The molecule has 0 bridgehead atoms. The van der Waals surface area contributed by atoms with Crippen LogP contribution in [0.5, 0.6) is 0 Å². The molecular weight excluding hydrogens is 889 g/mol. The SMILES string of the molecule is CCCCCCC/C=C\C/C=C\C/C=C\CCCCCCCCCCCCCCCCC(=O)OCC(COC(=O)CCCCCCCCCCCC)OC(=O)CCCCCCC/C=C\CCCCCCCC. The maximum Gasteiger partial charge on any atom is 0.306 e. The van der Waals surface area contributed by atoms with E-state index in [1.54, 1.807) is 0 Å². The van der Waals surface area contributed by atoms with Crippen LogP contribution in [-0.4, -0.2) is 37.2 Å². The number of carbonyl (C=O) groups is 3. The Balaban J connectivity index is 4.14. The lowest BCUT2D eigenvalue weighted by atomic mass is 10.0. The molecule has 420 valence electrons. The van der Waals surface area contributed by atoms with E-state index < -0.39 is 6.10 Å². The van der Waals surface area contributed by atoms with E-state index in [4.69, 9.17) is 14.2 Å². The van der Waals surface area contributed by atoms with Gasteiger partial charge in [-0.25, -0.2) is 0 Å². The summed E-state index contributed by atoms with van der Waals surface area (Å²) in [4.78, 5) is 38.1. The minimum Gasteiger partial charge on any atom is -0.462 e. The van der Waals surface area contributed by atoms with Gasteiger partial charge >= 0.3 is 17.9 Å². The van der Waals surface area contributed by atoms with Gasteiger partial charge in [0.15, 0.2) is 6.10 Å². The number of esters is 3. The van der Waals surface area contributed by atoms with Crippen molar-refractivity contribution < 1.29 is 28.6 Å². The van der Waals surface area contributed by atoms with Gasteiger partial charge in [0.25, 0.3) is 0 Å². The predicted octanol–water partition coefficient (Wildman–Crippen LogP) is 21.4. The molecule has 6 heteroatoms. The van der Waals surface area contributed by atoms with E-state index in [1.165, 1.54) is 218 Å². The molecule has 0 spiro atoms. The van der Waals surface area contributed by atoms with Crippen molar-refractivity contribution in [3.63, 3.8) is 0 Å². The molecule has 0 radical (unpaired) electrons. The van der Waals surface area contributed by atoms with E-state index >= 15 is 0 Å². The predicted molar refractivity (Wildman–Crippen MR) is 312 cm³/mol. The van der Waals surface area contributed by atoms with Crippen LogP contribution in [0.25, 0.3) is 0 Å². The molecule has 0 saturated heterocycles. The third-order valence-corrected chi connectivity index (χ3v) is 14.1. The van der Waals surface area contributed by atoms with Crippen molar-refractivity contribution in [3.05, 3.63) is 48.6 Å². The van der Waals surface area contributed by atoms with E-state index in [1.807, 2.05) is 0 Å². The summed E-state index contributed by atoms with van der Waals surface area (Å²) < 4.78 is 16.9. The molecule has 0 fully saturated rings. The zero-order valence-corrected chi connectivity index (χ0v) is 48.2. The molecule has 1 atom stereocenters. The van der Waals surface area contributed by atoms with Gasteiger partial charge in [0, 0.05) is 19.3 Å². The number of hydrogen-bond donors (Lipinski definition) is 0. The molecule has 6 nitrogen and oxygen atoms in total. The summed E-state index contributed by atoms with van der Waals surface area (Å²) in [5, 5.41) is 0. The van der Waals surface area contributed by atoms with Crippen LogP contribution < -0.4 is 0 Å². The Bertz CT molecular complexity index is 1250. The van der Waals surface area contributed by atoms with Crippen LogP contribution in [0, 0.1) is 0 Å². The highest BCUT2D eigenvalue weighted by molar-refractivity contribution is 5.71. The number of carbonyl (C=O) groups excluding carboxylic acids is 3. The quantitative estimate of drug-likeness (QED) is 0.0261. The molecule has 0 aliphatic rings. The first-order valence-electron chi connectivity index (χ1n) is 31.6. The van der Waals surface area contributed by atoms with Gasteiger partial charge in [-0.3, -0.25) is 14.4 Å². The molecule has 0 aliphatic heterocycles. The molecule has 0 N–H and O–H groups in total. The van der Waals surface area contributed by atoms with E-state index in [-0.39, 0.29) is 31.1 Å². The highest BCUT2D eigenvalue weighted by Crippen LogP contribution is 2.17. The molecular formula is C66H120O6. The van der Waals surface area contributed by atoms with Gasteiger partial charge in [-0.1, -0.05) is 281 Å². The van der Waals surface area contributed by atoms with Gasteiger partial charge in [-0.15, -0.1) is 0 Å². The first-order chi connectivity index (χ1) is 35.5. The highest BCUT2D eigenvalue weighted by Gasteiger charge is 2.19. The zero-order chi connectivity index (χ0) is 52.2. The molecule has 0 aromatic heterocycles. The highest BCUT2D eigenvalue weighted by atomic mass is 16.6. The molecule has 0 aliphatic carbocycles. The Kier molecular flexibility index (Phi) is 58.7. The van der Waals surface area contributed by atoms with Crippen LogP contribution in [0.3, 0.4) is 0 Å². The Hall–Kier alpha value is -2.63. The van der Waals surface area contributed by atoms with Gasteiger partial charge in [0.05, 0.1) is 0 Å². The van der Waals surface area contributed by atoms with Crippen molar-refractivity contribution in [1.29, 1.82) is 0 Å². The van der Waals surface area contributed by atoms with Gasteiger partial charge < -0.3 is 14.2 Å². The topological polar surface area (TPSA) is 78.9 Å². The van der Waals surface area contributed by atoms with Crippen LogP contribution in [0.15, 0.2) is 48.6 Å². The van der Waals surface area contributed by atoms with Crippen molar-refractivity contribution in [2.24, 2.45) is 0 Å². The minimum atomic E-state index is -0.774. The molecule has 0 aromatic carbocycles. The summed E-state index contributed by atoms with van der Waals surface area (Å²) in [7, 11) is 0. The van der Waals surface area contributed by atoms with Crippen LogP contribution in [0.4, 0.5) is 0 Å². The Labute approximate surface area is 448 Å². The summed E-state index contributed by atoms with van der Waals surface area (Å²) in [5.74, 6) is -0.867. The van der Waals surface area contributed by atoms with E-state index in [0.29, 0.717) is 19.3 Å². The van der Waals surface area contributed by atoms with Gasteiger partial charge in [0.1, 0.15) is 13.2 Å². The standard InChI is InChI=1S/C66H120O6/c1-4-7-10-13-16-19-22-24-26-27-28-29-30-31-32-33-34-35-36-37-38-39-41-42-44-47-50-53-56-59-65(68)71-62-63(61-70-64(67)58-55-52-49-46-21-18-15-12-9-6-3)72-66(69)60-57-54-51-48-45-43-40-25-23-20-17-14-11-8-5-2/h22,24-25,27-28,30-31,40,63H,4-21,23,26,29,32-39,41-62H2,1-3H3/b24-22-,28-27-,31-30-,40-25-. The van der Waals surface area contributed by atoms with E-state index in [0.717, 1.165) is 77.0 Å². The smallest absolute Gasteiger partial charge is 0.306 e. The fraction of sp³-hybridized carbons (Fsp3) is 0.833. The van der Waals surface area contributed by atoms with Crippen molar-refractivity contribution >= 4 is 17.9 Å². The molecule has 0 rings (SSSR count). The lowest BCUT2D eigenvalue weighted by molar-refractivity contribution is -0.167. The monoisotopic (exact) mass is 1010 g/mol. The minimum absolute atomic E-state index is 0.0726. The normalized spacial score (nSPS) is 12.3. The second kappa shape index (κ2) is 60.9. The summed E-state index contributed by atoms with van der Waals surface area (Å²) >= 11 is 0. The first kappa shape index (κ1) is 69.4. The van der Waals surface area contributed by atoms with Crippen molar-refractivity contribution in [1.82, 2.24) is 0 Å². The fourth-order valence-corrected chi connectivity index (χ4v) is 9.27. The van der Waals surface area contributed by atoms with Crippen LogP contribution in [0.2, 0.25) is 0 Å². The second-order valence-electron chi connectivity index (χ2n) is 21.3. The average Bonchev–Trinajstić information content (AvgIpc) is 3.38. The van der Waals surface area contributed by atoms with Gasteiger partial charge in [0.2, 0.25) is 0 Å². The lowest BCUT2D eigenvalue weighted by Gasteiger charge is -2.18. The number of allylic oxidation sites excluding steroid dienone is 8. The molecule has 0 aromatic rings. The number of unbranched alkanes of at least 4 members (excludes halogenated alkanes) is 39. The maximum atomic E-state index is 12.8. The average molecular weight is 1010 g/mol. The largest absolute Gasteiger partial charge is 0.462 e. The summed E-state index contributed by atoms with van der Waals surface area (Å²) in [6.45, 7) is 6.64. The molecule has 0 amide bonds. The fourth-order valence-electron chi connectivity index (χ4n) is 9.27. The van der Waals surface area contributed by atoms with Crippen LogP contribution in [-0.2, 0) is 28.6 Å². The van der Waals surface area contributed by atoms with E-state index in [2.05, 4.69) is 69.4 Å². The number of hydrogen-bond acceptors (Lipinski definition) is 6.